The van der Waals surface area contributed by atoms with Crippen molar-refractivity contribution < 1.29 is 28.6 Å². The van der Waals surface area contributed by atoms with E-state index in [0.29, 0.717) is 19.3 Å². The summed E-state index contributed by atoms with van der Waals surface area (Å²) in [5.41, 5.74) is 0. The Balaban J connectivity index is 4.02. The second-order valence-electron chi connectivity index (χ2n) is 21.3. The van der Waals surface area contributed by atoms with Crippen molar-refractivity contribution in [2.75, 3.05) is 13.2 Å². The van der Waals surface area contributed by atoms with Crippen LogP contribution in [0.3, 0.4) is 0 Å². The molecule has 0 spiro atoms. The Morgan fingerprint density at radius 1 is 0.284 bits per heavy atom. The fourth-order valence-electron chi connectivity index (χ4n) is 9.21. The summed E-state index contributed by atoms with van der Waals surface area (Å²) in [6.45, 7) is 6.44. The van der Waals surface area contributed by atoms with E-state index in [1.807, 2.05) is 0 Å². The monoisotopic (exact) mass is 1030 g/mol. The van der Waals surface area contributed by atoms with Crippen molar-refractivity contribution >= 4 is 17.9 Å². The van der Waals surface area contributed by atoms with Gasteiger partial charge in [-0.05, 0) is 70.6 Å². The number of rotatable bonds is 58. The van der Waals surface area contributed by atoms with Crippen LogP contribution in [0.2, 0.25) is 0 Å². The van der Waals surface area contributed by atoms with Gasteiger partial charge in [0.25, 0.3) is 0 Å². The maximum absolute atomic E-state index is 12.8. The van der Waals surface area contributed by atoms with Crippen LogP contribution in [0.5, 0.6) is 0 Å². The summed E-state index contributed by atoms with van der Waals surface area (Å²) in [4.78, 5) is 37.9. The highest BCUT2D eigenvalue weighted by Crippen LogP contribution is 2.18. The quantitative estimate of drug-likeness (QED) is 0.0261. The number of unbranched alkanes of at least 4 members (excludes halogenated alkanes) is 35. The SMILES string of the molecule is CC/C=C\C/C=C\C/C=C\C/C=C\C/C=C\C/C=C\CCCCC(=O)OC(COC(=O)CCCCCCC)COC(=O)CCCCCCCCCCCCCCCCCCCCCCCCCCCCCCCC. The zero-order valence-electron chi connectivity index (χ0n) is 49.1. The van der Waals surface area contributed by atoms with Crippen LogP contribution in [0.15, 0.2) is 72.9 Å². The van der Waals surface area contributed by atoms with Crippen molar-refractivity contribution in [3.63, 3.8) is 0 Å². The third kappa shape index (κ3) is 59.7. The Morgan fingerprint density at radius 2 is 0.527 bits per heavy atom. The van der Waals surface area contributed by atoms with Crippen molar-refractivity contribution in [2.24, 2.45) is 0 Å². The van der Waals surface area contributed by atoms with Crippen molar-refractivity contribution in [2.45, 2.75) is 329 Å². The number of hydrogen-bond donors (Lipinski definition) is 0. The molecule has 1 atom stereocenters. The number of carbonyl (C=O) groups is 3. The van der Waals surface area contributed by atoms with Gasteiger partial charge in [-0.15, -0.1) is 0 Å². The molecule has 428 valence electrons. The highest BCUT2D eigenvalue weighted by atomic mass is 16.6. The molecule has 0 N–H and O–H groups in total. The van der Waals surface area contributed by atoms with Crippen molar-refractivity contribution in [3.05, 3.63) is 72.9 Å². The zero-order valence-corrected chi connectivity index (χ0v) is 49.1. The van der Waals surface area contributed by atoms with Crippen molar-refractivity contribution in [1.29, 1.82) is 0 Å². The lowest BCUT2D eigenvalue weighted by molar-refractivity contribution is -0.167. The van der Waals surface area contributed by atoms with Crippen molar-refractivity contribution in [1.82, 2.24) is 0 Å². The minimum absolute atomic E-state index is 0.0908. The summed E-state index contributed by atoms with van der Waals surface area (Å²) in [6.07, 6.45) is 81.3. The Hall–Kier alpha value is -3.15. The van der Waals surface area contributed by atoms with Gasteiger partial charge in [0, 0.05) is 19.3 Å². The van der Waals surface area contributed by atoms with Crippen LogP contribution in [0.25, 0.3) is 0 Å². The molecule has 0 saturated carbocycles. The molecule has 74 heavy (non-hydrogen) atoms. The minimum atomic E-state index is -0.794. The lowest BCUT2D eigenvalue weighted by Gasteiger charge is -2.18. The van der Waals surface area contributed by atoms with Crippen molar-refractivity contribution in [3.8, 4) is 0 Å². The molecule has 0 heterocycles. The molecule has 0 amide bonds. The minimum Gasteiger partial charge on any atom is -0.462 e. The Bertz CT molecular complexity index is 1370. The van der Waals surface area contributed by atoms with Crippen LogP contribution in [0, 0.1) is 0 Å². The number of ether oxygens (including phenoxy) is 3. The smallest absolute Gasteiger partial charge is 0.306 e. The topological polar surface area (TPSA) is 78.9 Å². The molecule has 0 aliphatic heterocycles. The van der Waals surface area contributed by atoms with Crippen LogP contribution < -0.4 is 0 Å². The van der Waals surface area contributed by atoms with Gasteiger partial charge in [-0.1, -0.05) is 306 Å². The average Bonchev–Trinajstić information content (AvgIpc) is 3.40. The van der Waals surface area contributed by atoms with E-state index in [-0.39, 0.29) is 37.5 Å². The van der Waals surface area contributed by atoms with E-state index in [9.17, 15) is 14.4 Å². The van der Waals surface area contributed by atoms with Crippen LogP contribution in [-0.4, -0.2) is 37.2 Å². The van der Waals surface area contributed by atoms with E-state index in [2.05, 4.69) is 93.7 Å². The molecule has 0 rings (SSSR count). The van der Waals surface area contributed by atoms with Gasteiger partial charge in [-0.3, -0.25) is 14.4 Å². The summed E-state index contributed by atoms with van der Waals surface area (Å²) < 4.78 is 16.7. The molecule has 0 fully saturated rings. The molecule has 6 heteroatoms. The first kappa shape index (κ1) is 70.8. The van der Waals surface area contributed by atoms with E-state index >= 15 is 0 Å². The van der Waals surface area contributed by atoms with E-state index in [4.69, 9.17) is 14.2 Å². The van der Waals surface area contributed by atoms with Gasteiger partial charge in [0.15, 0.2) is 6.10 Å². The molecule has 0 saturated heterocycles. The predicted octanol–water partition coefficient (Wildman–Crippen LogP) is 21.7. The zero-order chi connectivity index (χ0) is 53.6. The Kier molecular flexibility index (Phi) is 59.7. The van der Waals surface area contributed by atoms with E-state index in [1.54, 1.807) is 0 Å². The number of allylic oxidation sites excluding steroid dienone is 12. The van der Waals surface area contributed by atoms with Crippen LogP contribution in [0.1, 0.15) is 323 Å². The highest BCUT2D eigenvalue weighted by molar-refractivity contribution is 5.71. The van der Waals surface area contributed by atoms with Gasteiger partial charge in [0.05, 0.1) is 0 Å². The first-order chi connectivity index (χ1) is 36.5. The van der Waals surface area contributed by atoms with Gasteiger partial charge < -0.3 is 14.2 Å². The average molecular weight is 1030 g/mol. The fourth-order valence-corrected chi connectivity index (χ4v) is 9.21. The molecule has 0 aliphatic carbocycles. The Morgan fingerprint density at radius 3 is 0.824 bits per heavy atom. The first-order valence-corrected chi connectivity index (χ1v) is 31.9. The lowest BCUT2D eigenvalue weighted by atomic mass is 10.0. The van der Waals surface area contributed by atoms with Crippen LogP contribution in [-0.2, 0) is 28.6 Å². The molecule has 0 bridgehead atoms. The van der Waals surface area contributed by atoms with Gasteiger partial charge in [-0.25, -0.2) is 0 Å². The molecule has 1 unspecified atom stereocenters. The maximum atomic E-state index is 12.8. The normalized spacial score (nSPS) is 12.5. The summed E-state index contributed by atoms with van der Waals surface area (Å²) in [7, 11) is 0. The summed E-state index contributed by atoms with van der Waals surface area (Å²) >= 11 is 0. The maximum Gasteiger partial charge on any atom is 0.306 e. The molecule has 0 aromatic rings. The standard InChI is InChI=1S/C68H120O6/c1-4-7-10-13-15-17-19-21-23-25-27-29-30-31-32-33-34-35-36-37-39-40-42-44-46-48-50-52-55-58-61-67(70)73-64-65(63-72-66(69)60-57-54-12-9-6-3)74-68(71)62-59-56-53-51-49-47-45-43-41-38-28-26-24-22-20-18-16-14-11-8-5-2/h8,11,16,18,22,24,28,38,43,45,49,51,65H,4-7,9-10,12-15,17,19-21,23,25-27,29-37,39-42,44,46-48,50,52-64H2,1-3H3/b11-8-,18-16-,24-22-,38-28-,45-43-,51-49-. The second kappa shape index (κ2) is 62.4. The highest BCUT2D eigenvalue weighted by Gasteiger charge is 2.19. The molecule has 6 nitrogen and oxygen atoms in total. The van der Waals surface area contributed by atoms with Gasteiger partial charge >= 0.3 is 17.9 Å². The van der Waals surface area contributed by atoms with Gasteiger partial charge in [-0.2, -0.15) is 0 Å². The third-order valence-electron chi connectivity index (χ3n) is 14.0. The third-order valence-corrected chi connectivity index (χ3v) is 14.0. The summed E-state index contributed by atoms with van der Waals surface area (Å²) in [6, 6.07) is 0. The lowest BCUT2D eigenvalue weighted by Crippen LogP contribution is -2.30. The molecule has 0 radical (unpaired) electrons. The molecular weight excluding hydrogens is 913 g/mol. The van der Waals surface area contributed by atoms with E-state index < -0.39 is 6.10 Å². The number of hydrogen-bond acceptors (Lipinski definition) is 6. The predicted molar refractivity (Wildman–Crippen MR) is 321 cm³/mol. The second-order valence-corrected chi connectivity index (χ2v) is 21.3. The van der Waals surface area contributed by atoms with Crippen LogP contribution >= 0.6 is 0 Å². The van der Waals surface area contributed by atoms with Gasteiger partial charge in [0.2, 0.25) is 0 Å². The van der Waals surface area contributed by atoms with E-state index in [0.717, 1.165) is 96.3 Å². The summed E-state index contributed by atoms with van der Waals surface area (Å²) in [5.74, 6) is -0.938. The molecule has 0 aliphatic rings. The first-order valence-electron chi connectivity index (χ1n) is 31.9. The molecule has 0 aromatic carbocycles. The fraction of sp³-hybridized carbons (Fsp3) is 0.779. The van der Waals surface area contributed by atoms with Crippen LogP contribution in [0.4, 0.5) is 0 Å². The molecular formula is C68H120O6. The number of esters is 3. The number of carbonyl (C=O) groups excluding carboxylic acids is 3. The van der Waals surface area contributed by atoms with Gasteiger partial charge in [0.1, 0.15) is 13.2 Å². The molecule has 0 aromatic heterocycles. The summed E-state index contributed by atoms with van der Waals surface area (Å²) in [5, 5.41) is 0. The largest absolute Gasteiger partial charge is 0.462 e. The Labute approximate surface area is 459 Å². The van der Waals surface area contributed by atoms with E-state index in [1.165, 1.54) is 180 Å².